The molecule has 1 fully saturated rings. The van der Waals surface area contributed by atoms with Crippen LogP contribution >= 0.6 is 11.6 Å². The third kappa shape index (κ3) is 3.76. The van der Waals surface area contributed by atoms with Gasteiger partial charge in [-0.2, -0.15) is 0 Å². The van der Waals surface area contributed by atoms with Gasteiger partial charge in [-0.3, -0.25) is 4.79 Å². The smallest absolute Gasteiger partial charge is 0.349 e. The van der Waals surface area contributed by atoms with Crippen molar-refractivity contribution in [3.63, 3.8) is 0 Å². The molecule has 1 aliphatic heterocycles. The maximum Gasteiger partial charge on any atom is 0.349 e. The number of carbonyl (C=O) groups excluding carboxylic acids is 1. The van der Waals surface area contributed by atoms with Gasteiger partial charge in [-0.05, 0) is 49.1 Å². The fourth-order valence-corrected chi connectivity index (χ4v) is 3.81. The van der Waals surface area contributed by atoms with Gasteiger partial charge in [0.05, 0.1) is 10.7 Å². The molecule has 0 atom stereocenters. The van der Waals surface area contributed by atoms with E-state index in [4.69, 9.17) is 16.0 Å². The van der Waals surface area contributed by atoms with Gasteiger partial charge in [0.15, 0.2) is 0 Å². The molecule has 2 heterocycles. The molecule has 144 valence electrons. The molecule has 1 saturated heterocycles. The van der Waals surface area contributed by atoms with E-state index in [-0.39, 0.29) is 5.56 Å². The van der Waals surface area contributed by atoms with Crippen molar-refractivity contribution in [2.24, 2.45) is 5.92 Å². The molecule has 0 spiro atoms. The predicted molar refractivity (Wildman–Crippen MR) is 113 cm³/mol. The highest BCUT2D eigenvalue weighted by Gasteiger charge is 2.19. The maximum atomic E-state index is 12.6. The minimum Gasteiger partial charge on any atom is -0.422 e. The molecule has 0 radical (unpaired) electrons. The van der Waals surface area contributed by atoms with Crippen LogP contribution in [-0.4, -0.2) is 19.0 Å². The third-order valence-electron chi connectivity index (χ3n) is 5.22. The minimum absolute atomic E-state index is 0.0380. The molecule has 0 unspecified atom stereocenters. The van der Waals surface area contributed by atoms with Crippen LogP contribution in [0.5, 0.6) is 0 Å². The molecule has 0 bridgehead atoms. The highest BCUT2D eigenvalue weighted by molar-refractivity contribution is 6.33. The number of fused-ring (bicyclic) bond motifs is 1. The fourth-order valence-electron chi connectivity index (χ4n) is 3.51. The topological polar surface area (TPSA) is 62.6 Å². The molecule has 1 N–H and O–H groups in total. The first-order valence-corrected chi connectivity index (χ1v) is 9.78. The predicted octanol–water partition coefficient (Wildman–Crippen LogP) is 4.94. The van der Waals surface area contributed by atoms with Crippen LogP contribution in [0.2, 0.25) is 5.02 Å². The average Bonchev–Trinajstić information content (AvgIpc) is 2.68. The molecule has 1 aliphatic rings. The first kappa shape index (κ1) is 18.6. The summed E-state index contributed by atoms with van der Waals surface area (Å²) in [6.07, 6.45) is 2.29. The van der Waals surface area contributed by atoms with Crippen LogP contribution in [0, 0.1) is 5.92 Å². The fraction of sp³-hybridized carbons (Fsp3) is 0.273. The van der Waals surface area contributed by atoms with Crippen molar-refractivity contribution in [2.75, 3.05) is 23.3 Å². The monoisotopic (exact) mass is 396 g/mol. The quantitative estimate of drug-likeness (QED) is 0.637. The molecule has 3 aromatic rings. The zero-order chi connectivity index (χ0) is 19.7. The summed E-state index contributed by atoms with van der Waals surface area (Å²) in [6, 6.07) is 14.1. The summed E-state index contributed by atoms with van der Waals surface area (Å²) in [7, 11) is 0. The molecule has 4 rings (SSSR count). The van der Waals surface area contributed by atoms with E-state index in [9.17, 15) is 9.59 Å². The Balaban J connectivity index is 1.54. The largest absolute Gasteiger partial charge is 0.422 e. The van der Waals surface area contributed by atoms with Crippen LogP contribution in [0.4, 0.5) is 11.4 Å². The second-order valence-corrected chi connectivity index (χ2v) is 7.68. The van der Waals surface area contributed by atoms with Gasteiger partial charge in [0.1, 0.15) is 11.1 Å². The second kappa shape index (κ2) is 7.68. The van der Waals surface area contributed by atoms with Crippen molar-refractivity contribution in [3.05, 3.63) is 69.5 Å². The van der Waals surface area contributed by atoms with Gasteiger partial charge >= 0.3 is 5.63 Å². The third-order valence-corrected chi connectivity index (χ3v) is 5.52. The Bertz CT molecular complexity index is 1080. The van der Waals surface area contributed by atoms with Gasteiger partial charge in [-0.25, -0.2) is 4.79 Å². The van der Waals surface area contributed by atoms with Crippen molar-refractivity contribution >= 4 is 39.9 Å². The Hall–Kier alpha value is -2.79. The molecule has 2 aromatic carbocycles. The van der Waals surface area contributed by atoms with Crippen LogP contribution in [0.1, 0.15) is 30.1 Å². The second-order valence-electron chi connectivity index (χ2n) is 7.28. The molecule has 28 heavy (non-hydrogen) atoms. The van der Waals surface area contributed by atoms with Gasteiger partial charge in [0.25, 0.3) is 5.91 Å². The van der Waals surface area contributed by atoms with Gasteiger partial charge in [-0.1, -0.05) is 36.7 Å². The number of halogens is 1. The van der Waals surface area contributed by atoms with E-state index in [2.05, 4.69) is 17.1 Å². The van der Waals surface area contributed by atoms with E-state index >= 15 is 0 Å². The van der Waals surface area contributed by atoms with E-state index in [1.807, 2.05) is 12.1 Å². The summed E-state index contributed by atoms with van der Waals surface area (Å²) in [4.78, 5) is 27.0. The van der Waals surface area contributed by atoms with Crippen LogP contribution in [0.25, 0.3) is 11.0 Å². The Kier molecular flexibility index (Phi) is 5.09. The number of piperidine rings is 1. The lowest BCUT2D eigenvalue weighted by molar-refractivity contribution is 0.102. The SMILES string of the molecule is CC1CCN(c2ccc(NC(=O)c3cc4ccccc4oc3=O)cc2Cl)CC1. The number of benzene rings is 2. The van der Waals surface area contributed by atoms with Crippen molar-refractivity contribution in [2.45, 2.75) is 19.8 Å². The molecule has 5 nitrogen and oxygen atoms in total. The van der Waals surface area contributed by atoms with Crippen molar-refractivity contribution in [3.8, 4) is 0 Å². The molecule has 0 aliphatic carbocycles. The Labute approximate surface area is 167 Å². The summed E-state index contributed by atoms with van der Waals surface area (Å²) >= 11 is 6.46. The van der Waals surface area contributed by atoms with Gasteiger partial charge in [-0.15, -0.1) is 0 Å². The van der Waals surface area contributed by atoms with E-state index in [0.717, 1.165) is 37.5 Å². The number of hydrogen-bond acceptors (Lipinski definition) is 4. The molecular weight excluding hydrogens is 376 g/mol. The molecule has 0 saturated carbocycles. The first-order chi connectivity index (χ1) is 13.5. The molecule has 6 heteroatoms. The summed E-state index contributed by atoms with van der Waals surface area (Å²) in [6.45, 7) is 4.22. The summed E-state index contributed by atoms with van der Waals surface area (Å²) < 4.78 is 5.23. The Morgan fingerprint density at radius 3 is 2.64 bits per heavy atom. The molecular formula is C22H21ClN2O3. The normalized spacial score (nSPS) is 15.0. The minimum atomic E-state index is -0.665. The Morgan fingerprint density at radius 2 is 1.89 bits per heavy atom. The summed E-state index contributed by atoms with van der Waals surface area (Å²) in [5, 5.41) is 4.02. The van der Waals surface area contributed by atoms with Gasteiger partial charge in [0.2, 0.25) is 0 Å². The van der Waals surface area contributed by atoms with Crippen LogP contribution < -0.4 is 15.8 Å². The number of nitrogens with one attached hydrogen (secondary N) is 1. The number of carbonyl (C=O) groups is 1. The zero-order valence-corrected chi connectivity index (χ0v) is 16.3. The number of amides is 1. The highest BCUT2D eigenvalue weighted by Crippen LogP contribution is 2.32. The van der Waals surface area contributed by atoms with E-state index in [1.54, 1.807) is 36.4 Å². The molecule has 1 aromatic heterocycles. The lowest BCUT2D eigenvalue weighted by Crippen LogP contribution is -2.32. The van der Waals surface area contributed by atoms with E-state index < -0.39 is 11.5 Å². The van der Waals surface area contributed by atoms with Crippen LogP contribution in [0.15, 0.2) is 57.7 Å². The van der Waals surface area contributed by atoms with Crippen molar-refractivity contribution in [1.82, 2.24) is 0 Å². The Morgan fingerprint density at radius 1 is 1.14 bits per heavy atom. The number of nitrogens with zero attached hydrogens (tertiary/aromatic N) is 1. The number of anilines is 2. The number of hydrogen-bond donors (Lipinski definition) is 1. The lowest BCUT2D eigenvalue weighted by Gasteiger charge is -2.32. The van der Waals surface area contributed by atoms with E-state index in [1.165, 1.54) is 0 Å². The zero-order valence-electron chi connectivity index (χ0n) is 15.6. The lowest BCUT2D eigenvalue weighted by atomic mass is 9.99. The highest BCUT2D eigenvalue weighted by atomic mass is 35.5. The van der Waals surface area contributed by atoms with Crippen LogP contribution in [-0.2, 0) is 0 Å². The summed E-state index contributed by atoms with van der Waals surface area (Å²) in [5.74, 6) is 0.220. The molecule has 1 amide bonds. The van der Waals surface area contributed by atoms with E-state index in [0.29, 0.717) is 21.7 Å². The number of rotatable bonds is 3. The first-order valence-electron chi connectivity index (χ1n) is 9.40. The van der Waals surface area contributed by atoms with Crippen molar-refractivity contribution in [1.29, 1.82) is 0 Å². The van der Waals surface area contributed by atoms with Gasteiger partial charge < -0.3 is 14.6 Å². The average molecular weight is 397 g/mol. The maximum absolute atomic E-state index is 12.6. The number of para-hydroxylation sites is 1. The summed E-state index contributed by atoms with van der Waals surface area (Å²) in [5.41, 5.74) is 1.26. The standard InChI is InChI=1S/C22H21ClN2O3/c1-14-8-10-25(11-9-14)19-7-6-16(13-18(19)23)24-21(26)17-12-15-4-2-3-5-20(15)28-22(17)27/h2-7,12-14H,8-11H2,1H3,(H,24,26). The van der Waals surface area contributed by atoms with Gasteiger partial charge in [0, 0.05) is 24.2 Å². The van der Waals surface area contributed by atoms with Crippen molar-refractivity contribution < 1.29 is 9.21 Å². The van der Waals surface area contributed by atoms with Crippen LogP contribution in [0.3, 0.4) is 0 Å².